The van der Waals surface area contributed by atoms with Crippen LogP contribution >= 0.6 is 0 Å². The molecule has 11 heteroatoms. The molecule has 0 saturated carbocycles. The normalized spacial score (nSPS) is 23.2. The molecule has 0 bridgehead atoms. The van der Waals surface area contributed by atoms with Crippen molar-refractivity contribution in [2.24, 2.45) is 0 Å². The molecule has 1 aromatic rings. The molecule has 1 aliphatic rings. The van der Waals surface area contributed by atoms with E-state index in [-0.39, 0.29) is 25.8 Å². The number of nitrogens with one attached hydrogen (secondary N) is 2. The Morgan fingerprint density at radius 3 is 2.79 bits per heavy atom. The number of aromatic nitrogens is 2. The zero-order chi connectivity index (χ0) is 17.9. The van der Waals surface area contributed by atoms with Gasteiger partial charge in [0.1, 0.15) is 12.3 Å². The van der Waals surface area contributed by atoms with Crippen molar-refractivity contribution in [2.45, 2.75) is 37.7 Å². The van der Waals surface area contributed by atoms with E-state index < -0.39 is 47.4 Å². The fourth-order valence-corrected chi connectivity index (χ4v) is 2.27. The number of ether oxygens (including phenoxy) is 1. The molecule has 1 fully saturated rings. The van der Waals surface area contributed by atoms with Crippen molar-refractivity contribution in [1.29, 1.82) is 0 Å². The van der Waals surface area contributed by atoms with E-state index in [1.807, 2.05) is 0 Å². The van der Waals surface area contributed by atoms with Crippen molar-refractivity contribution < 1.29 is 28.9 Å². The average Bonchev–Trinajstić information content (AvgIpc) is 2.87. The van der Waals surface area contributed by atoms with Gasteiger partial charge in [-0.05, 0) is 0 Å². The quantitative estimate of drug-likeness (QED) is 0.480. The van der Waals surface area contributed by atoms with Gasteiger partial charge in [-0.3, -0.25) is 23.9 Å². The Balaban J connectivity index is 1.96. The Morgan fingerprint density at radius 1 is 1.42 bits per heavy atom. The second-order valence-electron chi connectivity index (χ2n) is 5.27. The largest absolute Gasteiger partial charge is 0.481 e. The van der Waals surface area contributed by atoms with Crippen LogP contribution in [0.4, 0.5) is 4.39 Å². The van der Waals surface area contributed by atoms with E-state index >= 15 is 0 Å². The summed E-state index contributed by atoms with van der Waals surface area (Å²) in [6.07, 6.45) is -2.78. The summed E-state index contributed by atoms with van der Waals surface area (Å²) in [6.45, 7) is -0.100. The van der Waals surface area contributed by atoms with Gasteiger partial charge in [0, 0.05) is 19.4 Å². The Morgan fingerprint density at radius 2 is 2.12 bits per heavy atom. The second-order valence-corrected chi connectivity index (χ2v) is 5.27. The van der Waals surface area contributed by atoms with Crippen LogP contribution in [0.3, 0.4) is 0 Å². The lowest BCUT2D eigenvalue weighted by atomic mass is 10.1. The molecule has 0 aliphatic carbocycles. The Labute approximate surface area is 133 Å². The number of H-pyrrole nitrogens is 1. The van der Waals surface area contributed by atoms with E-state index in [2.05, 4.69) is 5.32 Å². The second kappa shape index (κ2) is 7.36. The maximum Gasteiger partial charge on any atom is 0.330 e. The van der Waals surface area contributed by atoms with E-state index in [0.29, 0.717) is 6.20 Å². The summed E-state index contributed by atoms with van der Waals surface area (Å²) in [4.78, 5) is 46.3. The summed E-state index contributed by atoms with van der Waals surface area (Å²) in [5.41, 5.74) is -2.04. The molecule has 1 saturated heterocycles. The number of halogens is 1. The lowest BCUT2D eigenvalue weighted by Crippen LogP contribution is -2.37. The van der Waals surface area contributed by atoms with Crippen LogP contribution in [-0.4, -0.2) is 50.4 Å². The third-order valence-corrected chi connectivity index (χ3v) is 3.51. The summed E-state index contributed by atoms with van der Waals surface area (Å²) >= 11 is 0. The van der Waals surface area contributed by atoms with Gasteiger partial charge < -0.3 is 20.3 Å². The summed E-state index contributed by atoms with van der Waals surface area (Å²) in [7, 11) is 0. The zero-order valence-corrected chi connectivity index (χ0v) is 12.4. The van der Waals surface area contributed by atoms with Crippen LogP contribution in [0.1, 0.15) is 25.5 Å². The van der Waals surface area contributed by atoms with Crippen LogP contribution in [0, 0.1) is 5.82 Å². The molecule has 0 unspecified atom stereocenters. The summed E-state index contributed by atoms with van der Waals surface area (Å²) in [6, 6.07) is 0. The number of hydrogen-bond acceptors (Lipinski definition) is 6. The van der Waals surface area contributed by atoms with Gasteiger partial charge in [0.15, 0.2) is 0 Å². The maximum atomic E-state index is 13.3. The van der Waals surface area contributed by atoms with Gasteiger partial charge in [-0.1, -0.05) is 0 Å². The van der Waals surface area contributed by atoms with Gasteiger partial charge in [-0.2, -0.15) is 4.39 Å². The fourth-order valence-electron chi connectivity index (χ4n) is 2.27. The average molecular weight is 345 g/mol. The first-order valence-electron chi connectivity index (χ1n) is 7.11. The van der Waals surface area contributed by atoms with Crippen molar-refractivity contribution >= 4 is 11.9 Å². The monoisotopic (exact) mass is 345 g/mol. The predicted molar refractivity (Wildman–Crippen MR) is 75.7 cm³/mol. The van der Waals surface area contributed by atoms with Crippen molar-refractivity contribution in [2.75, 3.05) is 6.54 Å². The number of amides is 1. The number of hydrogen-bond donors (Lipinski definition) is 4. The lowest BCUT2D eigenvalue weighted by molar-refractivity contribution is -0.138. The molecular weight excluding hydrogens is 329 g/mol. The van der Waals surface area contributed by atoms with Crippen LogP contribution in [0.15, 0.2) is 15.8 Å². The number of rotatable bonds is 6. The number of aromatic amines is 1. The van der Waals surface area contributed by atoms with Crippen LogP contribution in [0.5, 0.6) is 0 Å². The van der Waals surface area contributed by atoms with E-state index in [0.717, 1.165) is 4.57 Å². The number of carbonyl (C=O) groups is 2. The van der Waals surface area contributed by atoms with Gasteiger partial charge in [0.05, 0.1) is 18.7 Å². The predicted octanol–water partition coefficient (Wildman–Crippen LogP) is -1.69. The molecule has 0 aromatic carbocycles. The number of carboxylic acid groups (broad SMARTS) is 1. The zero-order valence-electron chi connectivity index (χ0n) is 12.4. The third-order valence-electron chi connectivity index (χ3n) is 3.51. The van der Waals surface area contributed by atoms with Crippen LogP contribution in [0.2, 0.25) is 0 Å². The van der Waals surface area contributed by atoms with Crippen molar-refractivity contribution in [3.8, 4) is 0 Å². The van der Waals surface area contributed by atoms with Crippen molar-refractivity contribution in [3.05, 3.63) is 32.9 Å². The summed E-state index contributed by atoms with van der Waals surface area (Å²) in [5.74, 6) is -2.80. The van der Waals surface area contributed by atoms with Crippen LogP contribution < -0.4 is 16.6 Å². The molecule has 1 amide bonds. The molecule has 0 radical (unpaired) electrons. The van der Waals surface area contributed by atoms with E-state index in [4.69, 9.17) is 9.84 Å². The maximum absolute atomic E-state index is 13.3. The molecule has 1 aromatic heterocycles. The summed E-state index contributed by atoms with van der Waals surface area (Å²) in [5, 5.41) is 20.8. The molecule has 2 rings (SSSR count). The van der Waals surface area contributed by atoms with E-state index in [1.165, 1.54) is 0 Å². The minimum atomic E-state index is -1.17. The molecule has 10 nitrogen and oxygen atoms in total. The topological polar surface area (TPSA) is 151 Å². The molecule has 2 heterocycles. The highest BCUT2D eigenvalue weighted by Gasteiger charge is 2.35. The van der Waals surface area contributed by atoms with Gasteiger partial charge in [0.2, 0.25) is 11.7 Å². The van der Waals surface area contributed by atoms with Crippen molar-refractivity contribution in [1.82, 2.24) is 14.9 Å². The molecule has 0 spiro atoms. The number of carboxylic acids is 1. The SMILES string of the molecule is O=C(O)CCC(=O)NC[C@H]1O[C@@H](n2cc(F)c(=O)[nH]c2=O)C[C@@H]1O. The first kappa shape index (κ1) is 17.8. The number of aliphatic hydroxyl groups is 1. The van der Waals surface area contributed by atoms with Crippen LogP contribution in [-0.2, 0) is 14.3 Å². The molecule has 132 valence electrons. The van der Waals surface area contributed by atoms with Crippen molar-refractivity contribution in [3.63, 3.8) is 0 Å². The minimum absolute atomic E-state index is 0.0406. The first-order valence-corrected chi connectivity index (χ1v) is 7.11. The Kier molecular flexibility index (Phi) is 5.46. The number of aliphatic hydroxyl groups excluding tert-OH is 1. The smallest absolute Gasteiger partial charge is 0.330 e. The van der Waals surface area contributed by atoms with Gasteiger partial charge >= 0.3 is 11.7 Å². The van der Waals surface area contributed by atoms with E-state index in [1.54, 1.807) is 4.98 Å². The Hall–Kier alpha value is -2.53. The minimum Gasteiger partial charge on any atom is -0.481 e. The molecule has 3 atom stereocenters. The number of nitrogens with zero attached hydrogens (tertiary/aromatic N) is 1. The highest BCUT2D eigenvalue weighted by atomic mass is 19.1. The van der Waals surface area contributed by atoms with Gasteiger partial charge in [-0.15, -0.1) is 0 Å². The highest BCUT2D eigenvalue weighted by molar-refractivity contribution is 5.80. The third kappa shape index (κ3) is 4.26. The Bertz CT molecular complexity index is 744. The molecule has 4 N–H and O–H groups in total. The van der Waals surface area contributed by atoms with Crippen LogP contribution in [0.25, 0.3) is 0 Å². The van der Waals surface area contributed by atoms with Gasteiger partial charge in [-0.25, -0.2) is 4.79 Å². The summed E-state index contributed by atoms with van der Waals surface area (Å²) < 4.78 is 19.5. The first-order chi connectivity index (χ1) is 11.3. The fraction of sp³-hybridized carbons (Fsp3) is 0.538. The molecule has 24 heavy (non-hydrogen) atoms. The number of carbonyl (C=O) groups excluding carboxylic acids is 1. The van der Waals surface area contributed by atoms with E-state index in [9.17, 15) is 28.7 Å². The standard InChI is InChI=1S/C13H16FN3O7/c14-6-5-17(13(23)16-12(6)22)10-3-7(18)8(24-10)4-15-9(19)1-2-11(20)21/h5,7-8,10,18H,1-4H2,(H,15,19)(H,20,21)(H,16,22,23)/t7-,8+,10+/m0/s1. The number of aliphatic carboxylic acids is 1. The lowest BCUT2D eigenvalue weighted by Gasteiger charge is -2.16. The molecular formula is C13H16FN3O7. The molecule has 1 aliphatic heterocycles. The van der Waals surface area contributed by atoms with Gasteiger partial charge in [0.25, 0.3) is 5.56 Å². The highest BCUT2D eigenvalue weighted by Crippen LogP contribution is 2.27.